The zero-order chi connectivity index (χ0) is 35.5. The van der Waals surface area contributed by atoms with E-state index in [9.17, 15) is 33.9 Å². The van der Waals surface area contributed by atoms with Crippen molar-refractivity contribution in [1.82, 2.24) is 16.0 Å². The molecule has 0 aromatic carbocycles. The number of carboxylic acid groups (broad SMARTS) is 2. The van der Waals surface area contributed by atoms with Crippen LogP contribution in [0.25, 0.3) is 0 Å². The third-order valence-electron chi connectivity index (χ3n) is 7.14. The summed E-state index contributed by atoms with van der Waals surface area (Å²) in [5.74, 6) is -2.88. The second-order valence-electron chi connectivity index (χ2n) is 11.4. The normalized spacial score (nSPS) is 11.5. The van der Waals surface area contributed by atoms with Crippen molar-refractivity contribution in [3.05, 3.63) is 0 Å². The predicted octanol–water partition coefficient (Wildman–Crippen LogP) is 2.38. The Balaban J connectivity index is 3.68. The Hall–Kier alpha value is -3.14. The Bertz CT molecular complexity index is 875. The van der Waals surface area contributed by atoms with Gasteiger partial charge in [0.25, 0.3) is 0 Å². The zero-order valence-electron chi connectivity index (χ0n) is 28.5. The molecule has 0 aromatic heterocycles. The predicted molar refractivity (Wildman–Crippen MR) is 176 cm³/mol. The van der Waals surface area contributed by atoms with Crippen LogP contribution in [0.5, 0.6) is 0 Å². The Morgan fingerprint density at radius 1 is 0.542 bits per heavy atom. The van der Waals surface area contributed by atoms with Gasteiger partial charge >= 0.3 is 11.9 Å². The highest BCUT2D eigenvalue weighted by Crippen LogP contribution is 2.13. The number of amides is 3. The lowest BCUT2D eigenvalue weighted by Crippen LogP contribution is -2.41. The maximum Gasteiger partial charge on any atom is 0.326 e. The molecule has 278 valence electrons. The van der Waals surface area contributed by atoms with Crippen molar-refractivity contribution in [3.8, 4) is 0 Å². The maximum absolute atomic E-state index is 12.2. The van der Waals surface area contributed by atoms with E-state index in [1.54, 1.807) is 0 Å². The largest absolute Gasteiger partial charge is 0.481 e. The van der Waals surface area contributed by atoms with Crippen LogP contribution in [0.3, 0.4) is 0 Å². The van der Waals surface area contributed by atoms with Crippen molar-refractivity contribution >= 4 is 35.9 Å². The lowest BCUT2D eigenvalue weighted by molar-refractivity contribution is -0.142. The molecule has 0 spiro atoms. The van der Waals surface area contributed by atoms with Gasteiger partial charge in [0.2, 0.25) is 17.7 Å². The van der Waals surface area contributed by atoms with Gasteiger partial charge in [0.05, 0.1) is 39.6 Å². The van der Waals surface area contributed by atoms with Gasteiger partial charge in [-0.15, -0.1) is 0 Å². The number of aldehydes is 1. The summed E-state index contributed by atoms with van der Waals surface area (Å²) in [6.07, 6.45) is 13.5. The minimum Gasteiger partial charge on any atom is -0.481 e. The fourth-order valence-electron chi connectivity index (χ4n) is 4.53. The van der Waals surface area contributed by atoms with Crippen LogP contribution in [0.4, 0.5) is 0 Å². The molecule has 1 unspecified atom stereocenters. The molecule has 0 fully saturated rings. The molecule has 0 heterocycles. The molecule has 0 aromatic rings. The lowest BCUT2D eigenvalue weighted by Gasteiger charge is -2.14. The molecular weight excluding hydrogens is 630 g/mol. The lowest BCUT2D eigenvalue weighted by atomic mass is 10.0. The average Bonchev–Trinajstić information content (AvgIpc) is 3.05. The average molecular weight is 690 g/mol. The van der Waals surface area contributed by atoms with Crippen LogP contribution in [0.15, 0.2) is 0 Å². The van der Waals surface area contributed by atoms with E-state index in [2.05, 4.69) is 16.0 Å². The van der Waals surface area contributed by atoms with Gasteiger partial charge in [0, 0.05) is 32.4 Å². The first-order valence-electron chi connectivity index (χ1n) is 17.3. The number of rotatable bonds is 36. The van der Waals surface area contributed by atoms with E-state index in [1.807, 2.05) is 0 Å². The summed E-state index contributed by atoms with van der Waals surface area (Å²) in [6.45, 7) is 1.99. The van der Waals surface area contributed by atoms with Crippen LogP contribution in [0, 0.1) is 0 Å². The monoisotopic (exact) mass is 689 g/mol. The number of unbranched alkanes of at least 4 members (excludes halogenated alkanes) is 11. The van der Waals surface area contributed by atoms with E-state index >= 15 is 0 Å². The molecule has 0 rings (SSSR count). The van der Waals surface area contributed by atoms with Gasteiger partial charge in [0.1, 0.15) is 25.5 Å². The third-order valence-corrected chi connectivity index (χ3v) is 7.14. The van der Waals surface area contributed by atoms with E-state index in [4.69, 9.17) is 24.1 Å². The highest BCUT2D eigenvalue weighted by molar-refractivity contribution is 5.84. The van der Waals surface area contributed by atoms with Crippen LogP contribution >= 0.6 is 0 Å². The molecule has 0 radical (unpaired) electrons. The van der Waals surface area contributed by atoms with E-state index < -0.39 is 18.0 Å². The number of nitrogens with one attached hydrogen (secondary N) is 3. The number of aliphatic carboxylic acids is 2. The summed E-state index contributed by atoms with van der Waals surface area (Å²) in [5, 5.41) is 25.9. The summed E-state index contributed by atoms with van der Waals surface area (Å²) in [6, 6.07) is -1.13. The van der Waals surface area contributed by atoms with Crippen molar-refractivity contribution < 1.29 is 57.9 Å². The summed E-state index contributed by atoms with van der Waals surface area (Å²) < 4.78 is 20.7. The fraction of sp³-hybridized carbons (Fsp3) is 0.818. The Labute approximate surface area is 284 Å². The minimum atomic E-state index is -1.18. The van der Waals surface area contributed by atoms with Gasteiger partial charge < -0.3 is 49.9 Å². The number of hydrogen-bond donors (Lipinski definition) is 5. The summed E-state index contributed by atoms with van der Waals surface area (Å²) >= 11 is 0. The van der Waals surface area contributed by atoms with E-state index in [0.717, 1.165) is 51.4 Å². The van der Waals surface area contributed by atoms with Crippen LogP contribution in [0.1, 0.15) is 103 Å². The van der Waals surface area contributed by atoms with Crippen LogP contribution < -0.4 is 16.0 Å². The second kappa shape index (κ2) is 33.7. The van der Waals surface area contributed by atoms with Gasteiger partial charge in [0.15, 0.2) is 0 Å². The van der Waals surface area contributed by atoms with Crippen molar-refractivity contribution in [2.45, 2.75) is 109 Å². The maximum atomic E-state index is 12.2. The summed E-state index contributed by atoms with van der Waals surface area (Å²) in [4.78, 5) is 68.1. The number of carbonyl (C=O) groups is 6. The van der Waals surface area contributed by atoms with Gasteiger partial charge in [-0.25, -0.2) is 4.79 Å². The highest BCUT2D eigenvalue weighted by atomic mass is 16.5. The molecule has 15 nitrogen and oxygen atoms in total. The third kappa shape index (κ3) is 32.8. The molecule has 0 bridgehead atoms. The van der Waals surface area contributed by atoms with Gasteiger partial charge in [-0.3, -0.25) is 19.2 Å². The van der Waals surface area contributed by atoms with E-state index in [1.165, 1.54) is 19.3 Å². The molecule has 0 aliphatic carbocycles. The number of carbonyl (C=O) groups excluding carboxylic acids is 4. The van der Waals surface area contributed by atoms with Crippen molar-refractivity contribution in [1.29, 1.82) is 0 Å². The number of hydrogen-bond acceptors (Lipinski definition) is 10. The molecule has 48 heavy (non-hydrogen) atoms. The van der Waals surface area contributed by atoms with Crippen molar-refractivity contribution in [2.75, 3.05) is 65.9 Å². The quantitative estimate of drug-likeness (QED) is 0.0474. The Morgan fingerprint density at radius 2 is 1.02 bits per heavy atom. The fourth-order valence-corrected chi connectivity index (χ4v) is 4.53. The first-order valence-corrected chi connectivity index (χ1v) is 17.3. The number of ether oxygens (including phenoxy) is 4. The van der Waals surface area contributed by atoms with Crippen molar-refractivity contribution in [3.63, 3.8) is 0 Å². The molecule has 15 heteroatoms. The van der Waals surface area contributed by atoms with E-state index in [0.29, 0.717) is 39.1 Å². The molecule has 0 aliphatic rings. The smallest absolute Gasteiger partial charge is 0.326 e. The van der Waals surface area contributed by atoms with Gasteiger partial charge in [-0.2, -0.15) is 0 Å². The van der Waals surface area contributed by atoms with Crippen LogP contribution in [-0.4, -0.2) is 118 Å². The Kier molecular flexibility index (Phi) is 31.5. The van der Waals surface area contributed by atoms with Gasteiger partial charge in [-0.05, 0) is 19.3 Å². The molecule has 1 atom stereocenters. The van der Waals surface area contributed by atoms with Gasteiger partial charge in [-0.1, -0.05) is 64.2 Å². The minimum absolute atomic E-state index is 0.0199. The molecular formula is C33H59N3O12. The molecule has 0 saturated heterocycles. The molecule has 0 aliphatic heterocycles. The summed E-state index contributed by atoms with van der Waals surface area (Å²) in [5.41, 5.74) is 0. The first-order chi connectivity index (χ1) is 23.3. The standard InChI is InChI=1S/C33H59N3O12/c37-19-22-47-24-23-45-21-18-35-31(40)27-48-26-25-46-20-17-34-29(38)16-15-28(33(43)44)36-30(39)13-11-9-7-5-3-1-2-4-6-8-10-12-14-32(41)42/h19,28H,1-18,20-27H2,(H,34,38)(H,35,40)(H,36,39)(H,41,42)(H,43,44). The van der Waals surface area contributed by atoms with Crippen LogP contribution in [-0.2, 0) is 47.7 Å². The summed E-state index contributed by atoms with van der Waals surface area (Å²) in [7, 11) is 0. The van der Waals surface area contributed by atoms with E-state index in [-0.39, 0.29) is 83.0 Å². The second-order valence-corrected chi connectivity index (χ2v) is 11.4. The van der Waals surface area contributed by atoms with Crippen molar-refractivity contribution in [2.24, 2.45) is 0 Å². The molecule has 0 saturated carbocycles. The topological polar surface area (TPSA) is 216 Å². The first kappa shape index (κ1) is 44.9. The zero-order valence-corrected chi connectivity index (χ0v) is 28.5. The number of carboxylic acids is 2. The SMILES string of the molecule is O=CCOCCOCCNC(=O)COCCOCCNC(=O)CCC(NC(=O)CCCCCCCCCCCCCCC(=O)O)C(=O)O. The molecule has 5 N–H and O–H groups in total. The molecule has 3 amide bonds. The van der Waals surface area contributed by atoms with Crippen LogP contribution in [0.2, 0.25) is 0 Å². The Morgan fingerprint density at radius 3 is 1.54 bits per heavy atom. The highest BCUT2D eigenvalue weighted by Gasteiger charge is 2.20.